The summed E-state index contributed by atoms with van der Waals surface area (Å²) in [6.07, 6.45) is 6.41. The Bertz CT molecular complexity index is 890. The topological polar surface area (TPSA) is 51.0 Å². The van der Waals surface area contributed by atoms with Crippen LogP contribution in [0, 0.1) is 0 Å². The van der Waals surface area contributed by atoms with Crippen molar-refractivity contribution >= 4 is 5.91 Å². The number of benzene rings is 2. The van der Waals surface area contributed by atoms with E-state index in [0.29, 0.717) is 12.5 Å². The molecule has 3 aromatic rings. The molecule has 0 unspecified atom stereocenters. The van der Waals surface area contributed by atoms with Crippen molar-refractivity contribution in [3.8, 4) is 0 Å². The van der Waals surface area contributed by atoms with Gasteiger partial charge in [0, 0.05) is 24.1 Å². The Kier molecular flexibility index (Phi) is 5.51. The lowest BCUT2D eigenvalue weighted by molar-refractivity contribution is 0.0714. The zero-order valence-electron chi connectivity index (χ0n) is 16.2. The molecule has 0 aliphatic carbocycles. The molecule has 0 radical (unpaired) electrons. The largest absolute Gasteiger partial charge is 0.335 e. The molecule has 4 rings (SSSR count). The molecule has 0 N–H and O–H groups in total. The lowest BCUT2D eigenvalue weighted by atomic mass is 9.87. The van der Waals surface area contributed by atoms with Crippen LogP contribution in [0.5, 0.6) is 0 Å². The first-order chi connectivity index (χ1) is 13.8. The number of aromatic nitrogens is 3. The molecule has 2 atom stereocenters. The van der Waals surface area contributed by atoms with Gasteiger partial charge in [0.1, 0.15) is 12.7 Å². The molecule has 1 aliphatic heterocycles. The molecule has 5 heteroatoms. The van der Waals surface area contributed by atoms with Crippen LogP contribution in [-0.2, 0) is 6.54 Å². The quantitative estimate of drug-likeness (QED) is 0.652. The van der Waals surface area contributed by atoms with Gasteiger partial charge in [-0.2, -0.15) is 5.10 Å². The van der Waals surface area contributed by atoms with Crippen molar-refractivity contribution in [3.63, 3.8) is 0 Å². The van der Waals surface area contributed by atoms with E-state index in [1.165, 1.54) is 11.9 Å². The van der Waals surface area contributed by atoms with Crippen molar-refractivity contribution < 1.29 is 4.79 Å². The third-order valence-corrected chi connectivity index (χ3v) is 5.70. The molecule has 1 saturated heterocycles. The van der Waals surface area contributed by atoms with Crippen molar-refractivity contribution in [3.05, 3.63) is 83.9 Å². The molecule has 0 spiro atoms. The monoisotopic (exact) mass is 374 g/mol. The number of carbonyl (C=O) groups is 1. The molecule has 28 heavy (non-hydrogen) atoms. The number of amides is 1. The maximum absolute atomic E-state index is 13.2. The molecule has 1 aliphatic rings. The van der Waals surface area contributed by atoms with E-state index >= 15 is 0 Å². The minimum Gasteiger partial charge on any atom is -0.335 e. The molecular weight excluding hydrogens is 348 g/mol. The van der Waals surface area contributed by atoms with E-state index in [4.69, 9.17) is 0 Å². The zero-order valence-corrected chi connectivity index (χ0v) is 16.2. The summed E-state index contributed by atoms with van der Waals surface area (Å²) in [4.78, 5) is 19.3. The number of carbonyl (C=O) groups excluding carboxylic acids is 1. The molecule has 2 heterocycles. The van der Waals surface area contributed by atoms with Gasteiger partial charge in [-0.3, -0.25) is 4.79 Å². The SMILES string of the molecule is CC[C@@H](c1ccccc1)[C@H]1CCCN1C(=O)c1ccc(Cn2cncn2)cc1. The Morgan fingerprint density at radius 3 is 2.61 bits per heavy atom. The molecule has 5 nitrogen and oxygen atoms in total. The Morgan fingerprint density at radius 1 is 1.14 bits per heavy atom. The highest BCUT2D eigenvalue weighted by atomic mass is 16.2. The molecule has 1 aromatic heterocycles. The number of likely N-dealkylation sites (tertiary alicyclic amines) is 1. The summed E-state index contributed by atoms with van der Waals surface area (Å²) in [6.45, 7) is 3.72. The summed E-state index contributed by atoms with van der Waals surface area (Å²) < 4.78 is 1.78. The molecule has 1 amide bonds. The van der Waals surface area contributed by atoms with Crippen LogP contribution < -0.4 is 0 Å². The lowest BCUT2D eigenvalue weighted by Gasteiger charge is -2.32. The van der Waals surface area contributed by atoms with Gasteiger partial charge in [0.2, 0.25) is 0 Å². The molecule has 0 bridgehead atoms. The fraction of sp³-hybridized carbons (Fsp3) is 0.348. The molecule has 0 saturated carbocycles. The van der Waals surface area contributed by atoms with E-state index in [2.05, 4.69) is 52.2 Å². The summed E-state index contributed by atoms with van der Waals surface area (Å²) in [6, 6.07) is 18.8. The second-order valence-corrected chi connectivity index (χ2v) is 7.42. The third-order valence-electron chi connectivity index (χ3n) is 5.70. The Labute approximate surface area is 166 Å². The highest BCUT2D eigenvalue weighted by Crippen LogP contribution is 2.34. The van der Waals surface area contributed by atoms with E-state index in [-0.39, 0.29) is 11.9 Å². The van der Waals surface area contributed by atoms with E-state index in [9.17, 15) is 4.79 Å². The van der Waals surface area contributed by atoms with Crippen LogP contribution in [-0.4, -0.2) is 38.2 Å². The van der Waals surface area contributed by atoms with Crippen molar-refractivity contribution in [2.24, 2.45) is 0 Å². The number of hydrogen-bond acceptors (Lipinski definition) is 3. The Morgan fingerprint density at radius 2 is 1.93 bits per heavy atom. The van der Waals surface area contributed by atoms with Gasteiger partial charge in [-0.15, -0.1) is 0 Å². The standard InChI is InChI=1S/C23H26N4O/c1-2-21(19-7-4-3-5-8-19)22-9-6-14-27(22)23(28)20-12-10-18(11-13-20)15-26-17-24-16-25-26/h3-5,7-8,10-13,16-17,21-22H,2,6,9,14-15H2,1H3/t21-,22+/m0/s1. The lowest BCUT2D eigenvalue weighted by Crippen LogP contribution is -2.39. The van der Waals surface area contributed by atoms with Crippen molar-refractivity contribution in [1.82, 2.24) is 19.7 Å². The van der Waals surface area contributed by atoms with Gasteiger partial charge in [0.25, 0.3) is 5.91 Å². The first kappa shape index (κ1) is 18.4. The van der Waals surface area contributed by atoms with E-state index in [1.54, 1.807) is 11.0 Å². The highest BCUT2D eigenvalue weighted by molar-refractivity contribution is 5.94. The van der Waals surface area contributed by atoms with Crippen LogP contribution in [0.4, 0.5) is 0 Å². The van der Waals surface area contributed by atoms with Crippen molar-refractivity contribution in [1.29, 1.82) is 0 Å². The van der Waals surface area contributed by atoms with Crippen LogP contribution in [0.3, 0.4) is 0 Å². The van der Waals surface area contributed by atoms with Crippen LogP contribution >= 0.6 is 0 Å². The van der Waals surface area contributed by atoms with Gasteiger partial charge in [-0.25, -0.2) is 9.67 Å². The van der Waals surface area contributed by atoms with Crippen LogP contribution in [0.2, 0.25) is 0 Å². The van der Waals surface area contributed by atoms with Crippen molar-refractivity contribution in [2.45, 2.75) is 44.7 Å². The summed E-state index contributed by atoms with van der Waals surface area (Å²) in [5.74, 6) is 0.531. The number of rotatable bonds is 6. The van der Waals surface area contributed by atoms with Gasteiger partial charge in [0.05, 0.1) is 6.54 Å². The molecule has 2 aromatic carbocycles. The van der Waals surface area contributed by atoms with Crippen molar-refractivity contribution in [2.75, 3.05) is 6.54 Å². The second kappa shape index (κ2) is 8.38. The summed E-state index contributed by atoms with van der Waals surface area (Å²) in [5.41, 5.74) is 3.20. The van der Waals surface area contributed by atoms with E-state index < -0.39 is 0 Å². The molecule has 1 fully saturated rings. The first-order valence-electron chi connectivity index (χ1n) is 10.0. The van der Waals surface area contributed by atoms with Crippen LogP contribution in [0.25, 0.3) is 0 Å². The summed E-state index contributed by atoms with van der Waals surface area (Å²) in [5, 5.41) is 4.13. The predicted octanol–water partition coefficient (Wildman–Crippen LogP) is 4.12. The maximum Gasteiger partial charge on any atom is 0.254 e. The minimum atomic E-state index is 0.143. The summed E-state index contributed by atoms with van der Waals surface area (Å²) in [7, 11) is 0. The van der Waals surface area contributed by atoms with Crippen LogP contribution in [0.15, 0.2) is 67.3 Å². The van der Waals surface area contributed by atoms with Gasteiger partial charge < -0.3 is 4.90 Å². The molecular formula is C23H26N4O. The number of nitrogens with zero attached hydrogens (tertiary/aromatic N) is 4. The van der Waals surface area contributed by atoms with Crippen LogP contribution in [0.1, 0.15) is 53.6 Å². The first-order valence-corrected chi connectivity index (χ1v) is 10.0. The Balaban J connectivity index is 1.50. The normalized spacial score (nSPS) is 17.6. The third kappa shape index (κ3) is 3.84. The summed E-state index contributed by atoms with van der Waals surface area (Å²) >= 11 is 0. The fourth-order valence-electron chi connectivity index (χ4n) is 4.31. The average Bonchev–Trinajstić information content (AvgIpc) is 3.42. The number of hydrogen-bond donors (Lipinski definition) is 0. The highest BCUT2D eigenvalue weighted by Gasteiger charge is 2.34. The Hall–Kier alpha value is -2.95. The maximum atomic E-state index is 13.2. The van der Waals surface area contributed by atoms with Gasteiger partial charge in [-0.05, 0) is 42.5 Å². The van der Waals surface area contributed by atoms with Gasteiger partial charge in [0.15, 0.2) is 0 Å². The predicted molar refractivity (Wildman–Crippen MR) is 109 cm³/mol. The average molecular weight is 374 g/mol. The van der Waals surface area contributed by atoms with Gasteiger partial charge >= 0.3 is 0 Å². The smallest absolute Gasteiger partial charge is 0.254 e. The van der Waals surface area contributed by atoms with Gasteiger partial charge in [-0.1, -0.05) is 49.4 Å². The fourth-order valence-corrected chi connectivity index (χ4v) is 4.31. The minimum absolute atomic E-state index is 0.143. The van der Waals surface area contributed by atoms with E-state index in [1.807, 2.05) is 24.3 Å². The second-order valence-electron chi connectivity index (χ2n) is 7.42. The molecule has 144 valence electrons. The zero-order chi connectivity index (χ0) is 19.3. The van der Waals surface area contributed by atoms with E-state index in [0.717, 1.165) is 36.9 Å².